The van der Waals surface area contributed by atoms with E-state index in [0.29, 0.717) is 0 Å². The Kier molecular flexibility index (Phi) is 4.01. The van der Waals surface area contributed by atoms with Crippen LogP contribution < -0.4 is 15.5 Å². The molecule has 0 aromatic carbocycles. The molecule has 19 heavy (non-hydrogen) atoms. The molecule has 0 aliphatic rings. The fourth-order valence-corrected chi connectivity index (χ4v) is 1.91. The third-order valence-electron chi connectivity index (χ3n) is 2.90. The molecule has 3 N–H and O–H groups in total. The molecule has 0 fully saturated rings. The first-order chi connectivity index (χ1) is 9.08. The molecule has 2 rings (SSSR count). The van der Waals surface area contributed by atoms with Gasteiger partial charge < -0.3 is 20.5 Å². The predicted molar refractivity (Wildman–Crippen MR) is 77.8 cm³/mol. The van der Waals surface area contributed by atoms with Crippen LogP contribution in [0.4, 0.5) is 17.3 Å². The SMILES string of the molecule is CC(N)CN(C)c1cc(N(C)c2cc[nH]c2)ncn1. The Morgan fingerprint density at radius 2 is 2.05 bits per heavy atom. The van der Waals surface area contributed by atoms with Crippen molar-refractivity contribution < 1.29 is 0 Å². The zero-order chi connectivity index (χ0) is 13.8. The smallest absolute Gasteiger partial charge is 0.138 e. The van der Waals surface area contributed by atoms with E-state index in [-0.39, 0.29) is 6.04 Å². The van der Waals surface area contributed by atoms with Gasteiger partial charge in [0.05, 0.1) is 5.69 Å². The maximum Gasteiger partial charge on any atom is 0.138 e. The Hall–Kier alpha value is -2.08. The number of nitrogens with one attached hydrogen (secondary N) is 1. The molecular weight excluding hydrogens is 240 g/mol. The maximum absolute atomic E-state index is 5.81. The van der Waals surface area contributed by atoms with Crippen molar-refractivity contribution in [3.63, 3.8) is 0 Å². The summed E-state index contributed by atoms with van der Waals surface area (Å²) in [5.41, 5.74) is 6.86. The summed E-state index contributed by atoms with van der Waals surface area (Å²) in [5, 5.41) is 0. The molecule has 0 amide bonds. The van der Waals surface area contributed by atoms with E-state index in [1.165, 1.54) is 0 Å². The van der Waals surface area contributed by atoms with Crippen LogP contribution in [0.3, 0.4) is 0 Å². The van der Waals surface area contributed by atoms with Gasteiger partial charge in [0.1, 0.15) is 18.0 Å². The lowest BCUT2D eigenvalue weighted by Gasteiger charge is -2.22. The number of nitrogens with two attached hydrogens (primary N) is 1. The molecule has 6 nitrogen and oxygen atoms in total. The van der Waals surface area contributed by atoms with Crippen molar-refractivity contribution in [2.24, 2.45) is 5.73 Å². The maximum atomic E-state index is 5.81. The Balaban J connectivity index is 2.19. The number of nitrogens with zero attached hydrogens (tertiary/aromatic N) is 4. The quantitative estimate of drug-likeness (QED) is 0.849. The number of aromatic amines is 1. The third kappa shape index (κ3) is 3.23. The number of H-pyrrole nitrogens is 1. The van der Waals surface area contributed by atoms with E-state index in [1.807, 2.05) is 55.3 Å². The number of rotatable bonds is 5. The van der Waals surface area contributed by atoms with E-state index in [4.69, 9.17) is 5.73 Å². The second-order valence-corrected chi connectivity index (χ2v) is 4.72. The number of aromatic nitrogens is 3. The Bertz CT molecular complexity index is 508. The fourth-order valence-electron chi connectivity index (χ4n) is 1.91. The molecule has 0 aliphatic carbocycles. The van der Waals surface area contributed by atoms with Crippen LogP contribution in [0.15, 0.2) is 30.9 Å². The van der Waals surface area contributed by atoms with Gasteiger partial charge in [0, 0.05) is 45.1 Å². The lowest BCUT2D eigenvalue weighted by atomic mass is 10.3. The monoisotopic (exact) mass is 260 g/mol. The van der Waals surface area contributed by atoms with Gasteiger partial charge in [-0.3, -0.25) is 0 Å². The van der Waals surface area contributed by atoms with Crippen LogP contribution in [-0.2, 0) is 0 Å². The average molecular weight is 260 g/mol. The zero-order valence-corrected chi connectivity index (χ0v) is 11.5. The van der Waals surface area contributed by atoms with E-state index < -0.39 is 0 Å². The van der Waals surface area contributed by atoms with E-state index in [2.05, 4.69) is 15.0 Å². The highest BCUT2D eigenvalue weighted by Crippen LogP contribution is 2.22. The van der Waals surface area contributed by atoms with E-state index >= 15 is 0 Å². The minimum atomic E-state index is 0.103. The summed E-state index contributed by atoms with van der Waals surface area (Å²) < 4.78 is 0. The van der Waals surface area contributed by atoms with Gasteiger partial charge in [0.2, 0.25) is 0 Å². The van der Waals surface area contributed by atoms with Gasteiger partial charge in [-0.2, -0.15) is 0 Å². The predicted octanol–water partition coefficient (Wildman–Crippen LogP) is 1.36. The summed E-state index contributed by atoms with van der Waals surface area (Å²) in [6.45, 7) is 2.73. The van der Waals surface area contributed by atoms with Crippen LogP contribution in [0.25, 0.3) is 0 Å². The molecule has 1 unspecified atom stereocenters. The second kappa shape index (κ2) is 5.71. The van der Waals surface area contributed by atoms with Crippen molar-refractivity contribution in [2.45, 2.75) is 13.0 Å². The van der Waals surface area contributed by atoms with Gasteiger partial charge in [-0.1, -0.05) is 0 Å². The first-order valence-electron chi connectivity index (χ1n) is 6.23. The molecule has 6 heteroatoms. The van der Waals surface area contributed by atoms with Crippen LogP contribution in [0.2, 0.25) is 0 Å². The highest BCUT2D eigenvalue weighted by molar-refractivity contribution is 5.60. The van der Waals surface area contributed by atoms with Crippen LogP contribution in [0, 0.1) is 0 Å². The zero-order valence-electron chi connectivity index (χ0n) is 11.5. The Morgan fingerprint density at radius 1 is 1.32 bits per heavy atom. The molecule has 2 heterocycles. The van der Waals surface area contributed by atoms with Gasteiger partial charge in [-0.25, -0.2) is 9.97 Å². The molecule has 0 saturated heterocycles. The van der Waals surface area contributed by atoms with Gasteiger partial charge in [0.25, 0.3) is 0 Å². The summed E-state index contributed by atoms with van der Waals surface area (Å²) in [6.07, 6.45) is 5.38. The molecule has 0 bridgehead atoms. The summed E-state index contributed by atoms with van der Waals surface area (Å²) in [7, 11) is 3.95. The largest absolute Gasteiger partial charge is 0.366 e. The summed E-state index contributed by atoms with van der Waals surface area (Å²) in [4.78, 5) is 15.6. The number of hydrogen-bond donors (Lipinski definition) is 2. The second-order valence-electron chi connectivity index (χ2n) is 4.72. The molecule has 0 saturated carbocycles. The molecule has 2 aromatic rings. The van der Waals surface area contributed by atoms with Crippen molar-refractivity contribution in [1.29, 1.82) is 0 Å². The van der Waals surface area contributed by atoms with Crippen molar-refractivity contribution >= 4 is 17.3 Å². The number of likely N-dealkylation sites (N-methyl/N-ethyl adjacent to an activating group) is 1. The van der Waals surface area contributed by atoms with Gasteiger partial charge in [-0.15, -0.1) is 0 Å². The van der Waals surface area contributed by atoms with Crippen molar-refractivity contribution in [3.8, 4) is 0 Å². The average Bonchev–Trinajstić information content (AvgIpc) is 2.91. The van der Waals surface area contributed by atoms with Gasteiger partial charge in [0.15, 0.2) is 0 Å². The highest BCUT2D eigenvalue weighted by atomic mass is 15.2. The standard InChI is InChI=1S/C13H20N6/c1-10(14)8-18(2)12-6-13(17-9-16-12)19(3)11-4-5-15-7-11/h4-7,9-10,15H,8,14H2,1-3H3. The van der Waals surface area contributed by atoms with Gasteiger partial charge >= 0.3 is 0 Å². The summed E-state index contributed by atoms with van der Waals surface area (Å²) in [6, 6.07) is 4.05. The molecule has 2 aromatic heterocycles. The molecule has 0 radical (unpaired) electrons. The molecule has 1 atom stereocenters. The first-order valence-corrected chi connectivity index (χ1v) is 6.23. The molecule has 0 aliphatic heterocycles. The molecule has 102 valence electrons. The number of anilines is 3. The Morgan fingerprint density at radius 3 is 2.68 bits per heavy atom. The van der Waals surface area contributed by atoms with E-state index in [9.17, 15) is 0 Å². The van der Waals surface area contributed by atoms with Crippen molar-refractivity contribution in [2.75, 3.05) is 30.4 Å². The lowest BCUT2D eigenvalue weighted by Crippen LogP contribution is -2.33. The Labute approximate surface area is 113 Å². The lowest BCUT2D eigenvalue weighted by molar-refractivity contribution is 0.711. The first kappa shape index (κ1) is 13.4. The van der Waals surface area contributed by atoms with Crippen LogP contribution in [0.5, 0.6) is 0 Å². The fraction of sp³-hybridized carbons (Fsp3) is 0.385. The normalized spacial score (nSPS) is 12.2. The van der Waals surface area contributed by atoms with Crippen molar-refractivity contribution in [3.05, 3.63) is 30.9 Å². The van der Waals surface area contributed by atoms with Crippen LogP contribution in [0.1, 0.15) is 6.92 Å². The van der Waals surface area contributed by atoms with Crippen LogP contribution in [-0.4, -0.2) is 41.6 Å². The van der Waals surface area contributed by atoms with E-state index in [1.54, 1.807) is 6.33 Å². The van der Waals surface area contributed by atoms with Crippen LogP contribution >= 0.6 is 0 Å². The topological polar surface area (TPSA) is 74.1 Å². The number of hydrogen-bond acceptors (Lipinski definition) is 5. The van der Waals surface area contributed by atoms with Crippen molar-refractivity contribution in [1.82, 2.24) is 15.0 Å². The minimum absolute atomic E-state index is 0.103. The molecule has 0 spiro atoms. The third-order valence-corrected chi connectivity index (χ3v) is 2.90. The summed E-state index contributed by atoms with van der Waals surface area (Å²) in [5.74, 6) is 1.71. The molecular formula is C13H20N6. The van der Waals surface area contributed by atoms with Gasteiger partial charge in [-0.05, 0) is 13.0 Å². The minimum Gasteiger partial charge on any atom is -0.366 e. The van der Waals surface area contributed by atoms with E-state index in [0.717, 1.165) is 23.9 Å². The summed E-state index contributed by atoms with van der Waals surface area (Å²) >= 11 is 0. The highest BCUT2D eigenvalue weighted by Gasteiger charge is 2.10.